The molecule has 0 aliphatic carbocycles. The van der Waals surface area contributed by atoms with Gasteiger partial charge in [0.1, 0.15) is 5.75 Å². The van der Waals surface area contributed by atoms with E-state index < -0.39 is 0 Å². The summed E-state index contributed by atoms with van der Waals surface area (Å²) in [7, 11) is 1.69. The number of hydrogen-bond acceptors (Lipinski definition) is 2. The second kappa shape index (κ2) is 6.03. The molecule has 0 fully saturated rings. The molecule has 2 heteroatoms. The van der Waals surface area contributed by atoms with E-state index >= 15 is 0 Å². The molecule has 2 aromatic rings. The Morgan fingerprint density at radius 3 is 2.56 bits per heavy atom. The fourth-order valence-corrected chi connectivity index (χ4v) is 1.88. The van der Waals surface area contributed by atoms with Crippen molar-refractivity contribution in [1.82, 2.24) is 0 Å². The molecular formula is C16H17NO. The lowest BCUT2D eigenvalue weighted by atomic mass is 10.0. The zero-order valence-corrected chi connectivity index (χ0v) is 10.5. The maximum absolute atomic E-state index is 5.47. The first-order valence-electron chi connectivity index (χ1n) is 5.95. The van der Waals surface area contributed by atoms with Gasteiger partial charge in [-0.05, 0) is 23.3 Å². The van der Waals surface area contributed by atoms with Crippen molar-refractivity contribution in [3.05, 3.63) is 60.2 Å². The van der Waals surface area contributed by atoms with Crippen LogP contribution in [0.25, 0.3) is 17.2 Å². The lowest BCUT2D eigenvalue weighted by Gasteiger charge is -2.09. The van der Waals surface area contributed by atoms with Crippen molar-refractivity contribution in [2.24, 2.45) is 5.73 Å². The first-order chi connectivity index (χ1) is 8.85. The lowest BCUT2D eigenvalue weighted by molar-refractivity contribution is 0.416. The van der Waals surface area contributed by atoms with Gasteiger partial charge in [-0.15, -0.1) is 0 Å². The predicted molar refractivity (Wildman–Crippen MR) is 76.5 cm³/mol. The van der Waals surface area contributed by atoms with Gasteiger partial charge in [-0.3, -0.25) is 0 Å². The summed E-state index contributed by atoms with van der Waals surface area (Å²) in [6, 6.07) is 16.3. The molecule has 0 heterocycles. The van der Waals surface area contributed by atoms with E-state index in [1.165, 1.54) is 0 Å². The van der Waals surface area contributed by atoms with E-state index in [0.717, 1.165) is 22.4 Å². The largest absolute Gasteiger partial charge is 0.496 e. The minimum absolute atomic E-state index is 0.548. The van der Waals surface area contributed by atoms with Crippen molar-refractivity contribution < 1.29 is 4.74 Å². The number of methoxy groups -OCH3 is 1. The summed E-state index contributed by atoms with van der Waals surface area (Å²) in [5.74, 6) is 0.881. The minimum Gasteiger partial charge on any atom is -0.496 e. The van der Waals surface area contributed by atoms with Crippen LogP contribution in [0.4, 0.5) is 0 Å². The van der Waals surface area contributed by atoms with Gasteiger partial charge < -0.3 is 10.5 Å². The summed E-state index contributed by atoms with van der Waals surface area (Å²) in [4.78, 5) is 0. The number of ether oxygens (including phenoxy) is 1. The van der Waals surface area contributed by atoms with Crippen molar-refractivity contribution in [3.8, 4) is 16.9 Å². The first-order valence-corrected chi connectivity index (χ1v) is 5.95. The van der Waals surface area contributed by atoms with Gasteiger partial charge in [-0.1, -0.05) is 48.6 Å². The van der Waals surface area contributed by atoms with E-state index in [0.29, 0.717) is 6.54 Å². The van der Waals surface area contributed by atoms with Crippen LogP contribution in [0, 0.1) is 0 Å². The summed E-state index contributed by atoms with van der Waals surface area (Å²) in [5.41, 5.74) is 8.84. The van der Waals surface area contributed by atoms with Gasteiger partial charge in [0, 0.05) is 12.1 Å². The first kappa shape index (κ1) is 12.4. The SMILES string of the molecule is COc1ccc(/C=C/CN)cc1-c1ccccc1. The Balaban J connectivity index is 2.46. The van der Waals surface area contributed by atoms with Gasteiger partial charge in [0.2, 0.25) is 0 Å². The fourth-order valence-electron chi connectivity index (χ4n) is 1.88. The van der Waals surface area contributed by atoms with Gasteiger partial charge >= 0.3 is 0 Å². The molecule has 0 spiro atoms. The summed E-state index contributed by atoms with van der Waals surface area (Å²) in [5, 5.41) is 0. The molecule has 0 atom stereocenters. The van der Waals surface area contributed by atoms with Crippen LogP contribution in [0.1, 0.15) is 5.56 Å². The van der Waals surface area contributed by atoms with Crippen LogP contribution in [0.3, 0.4) is 0 Å². The summed E-state index contributed by atoms with van der Waals surface area (Å²) in [6.07, 6.45) is 3.96. The highest BCUT2D eigenvalue weighted by Crippen LogP contribution is 2.31. The normalized spacial score (nSPS) is 10.8. The summed E-state index contributed by atoms with van der Waals surface area (Å²) in [6.45, 7) is 0.548. The molecule has 0 aliphatic heterocycles. The van der Waals surface area contributed by atoms with Gasteiger partial charge in [-0.25, -0.2) is 0 Å². The highest BCUT2D eigenvalue weighted by Gasteiger charge is 2.05. The second-order valence-electron chi connectivity index (χ2n) is 3.96. The van der Waals surface area contributed by atoms with Gasteiger partial charge in [0.15, 0.2) is 0 Å². The molecule has 0 aromatic heterocycles. The topological polar surface area (TPSA) is 35.2 Å². The van der Waals surface area contributed by atoms with E-state index in [4.69, 9.17) is 10.5 Å². The van der Waals surface area contributed by atoms with Crippen molar-refractivity contribution in [2.75, 3.05) is 13.7 Å². The van der Waals surface area contributed by atoms with E-state index in [2.05, 4.69) is 18.2 Å². The molecule has 18 heavy (non-hydrogen) atoms. The molecule has 0 unspecified atom stereocenters. The Kier molecular flexibility index (Phi) is 4.15. The van der Waals surface area contributed by atoms with Gasteiger partial charge in [0.25, 0.3) is 0 Å². The summed E-state index contributed by atoms with van der Waals surface area (Å²) >= 11 is 0. The third-order valence-electron chi connectivity index (χ3n) is 2.75. The van der Waals surface area contributed by atoms with E-state index in [-0.39, 0.29) is 0 Å². The molecule has 2 nitrogen and oxygen atoms in total. The monoisotopic (exact) mass is 239 g/mol. The molecule has 0 bridgehead atoms. The Hall–Kier alpha value is -2.06. The van der Waals surface area contributed by atoms with Crippen LogP contribution in [-0.2, 0) is 0 Å². The molecule has 0 saturated heterocycles. The third-order valence-corrected chi connectivity index (χ3v) is 2.75. The Morgan fingerprint density at radius 2 is 1.89 bits per heavy atom. The quantitative estimate of drug-likeness (QED) is 0.888. The lowest BCUT2D eigenvalue weighted by Crippen LogP contribution is -1.92. The van der Waals surface area contributed by atoms with Crippen molar-refractivity contribution in [3.63, 3.8) is 0 Å². The highest BCUT2D eigenvalue weighted by atomic mass is 16.5. The Bertz CT molecular complexity index is 532. The van der Waals surface area contributed by atoms with Crippen LogP contribution >= 0.6 is 0 Å². The standard InChI is InChI=1S/C16H17NO/c1-18-16-10-9-13(6-5-11-17)12-15(16)14-7-3-2-4-8-14/h2-10,12H,11,17H2,1H3/b6-5+. The van der Waals surface area contributed by atoms with Crippen molar-refractivity contribution in [2.45, 2.75) is 0 Å². The molecule has 0 saturated carbocycles. The Labute approximate surface area is 108 Å². The molecule has 2 rings (SSSR count). The number of rotatable bonds is 4. The molecule has 0 radical (unpaired) electrons. The maximum atomic E-state index is 5.47. The number of hydrogen-bond donors (Lipinski definition) is 1. The maximum Gasteiger partial charge on any atom is 0.126 e. The predicted octanol–water partition coefficient (Wildman–Crippen LogP) is 3.33. The smallest absolute Gasteiger partial charge is 0.126 e. The van der Waals surface area contributed by atoms with Crippen LogP contribution in [0.2, 0.25) is 0 Å². The van der Waals surface area contributed by atoms with E-state index in [9.17, 15) is 0 Å². The second-order valence-corrected chi connectivity index (χ2v) is 3.96. The summed E-state index contributed by atoms with van der Waals surface area (Å²) < 4.78 is 5.41. The molecule has 92 valence electrons. The van der Waals surface area contributed by atoms with Crippen LogP contribution in [-0.4, -0.2) is 13.7 Å². The minimum atomic E-state index is 0.548. The molecular weight excluding hydrogens is 222 g/mol. The number of benzene rings is 2. The Morgan fingerprint density at radius 1 is 1.11 bits per heavy atom. The molecule has 2 aromatic carbocycles. The average molecular weight is 239 g/mol. The van der Waals surface area contributed by atoms with Crippen LogP contribution in [0.15, 0.2) is 54.6 Å². The van der Waals surface area contributed by atoms with Gasteiger partial charge in [-0.2, -0.15) is 0 Å². The molecule has 0 amide bonds. The van der Waals surface area contributed by atoms with E-state index in [1.54, 1.807) is 7.11 Å². The zero-order chi connectivity index (χ0) is 12.8. The zero-order valence-electron chi connectivity index (χ0n) is 10.5. The highest BCUT2D eigenvalue weighted by molar-refractivity contribution is 5.73. The van der Waals surface area contributed by atoms with Crippen LogP contribution < -0.4 is 10.5 Å². The van der Waals surface area contributed by atoms with E-state index in [1.807, 2.05) is 42.5 Å². The van der Waals surface area contributed by atoms with Crippen LogP contribution in [0.5, 0.6) is 5.75 Å². The molecule has 0 aliphatic rings. The third kappa shape index (κ3) is 2.79. The fraction of sp³-hybridized carbons (Fsp3) is 0.125. The number of nitrogens with two attached hydrogens (primary N) is 1. The van der Waals surface area contributed by atoms with Crippen molar-refractivity contribution >= 4 is 6.08 Å². The average Bonchev–Trinajstić information content (AvgIpc) is 2.45. The van der Waals surface area contributed by atoms with Gasteiger partial charge in [0.05, 0.1) is 7.11 Å². The molecule has 2 N–H and O–H groups in total. The van der Waals surface area contributed by atoms with Crippen molar-refractivity contribution in [1.29, 1.82) is 0 Å².